The first-order valence-corrected chi connectivity index (χ1v) is 5.36. The van der Waals surface area contributed by atoms with Gasteiger partial charge in [-0.1, -0.05) is 0 Å². The molecule has 2 aromatic rings. The summed E-state index contributed by atoms with van der Waals surface area (Å²) in [4.78, 5) is 19.3. The first-order valence-electron chi connectivity index (χ1n) is 4.93. The topological polar surface area (TPSA) is 72.7 Å². The molecule has 17 heavy (non-hydrogen) atoms. The van der Waals surface area contributed by atoms with Gasteiger partial charge in [-0.25, -0.2) is 14.6 Å². The molecule has 0 spiro atoms. The minimum atomic E-state index is -0.579. The monoisotopic (exact) mass is 251 g/mol. The summed E-state index contributed by atoms with van der Waals surface area (Å²) in [6, 6.07) is 3.45. The van der Waals surface area contributed by atoms with Crippen LogP contribution in [0.25, 0.3) is 5.82 Å². The molecule has 0 saturated heterocycles. The van der Waals surface area contributed by atoms with E-state index in [0.29, 0.717) is 11.5 Å². The molecule has 1 amide bonds. The average molecular weight is 252 g/mol. The van der Waals surface area contributed by atoms with Crippen molar-refractivity contribution in [2.45, 2.75) is 12.3 Å². The van der Waals surface area contributed by atoms with E-state index in [1.54, 1.807) is 25.4 Å². The second kappa shape index (κ2) is 4.92. The normalized spacial score (nSPS) is 12.1. The van der Waals surface area contributed by atoms with Gasteiger partial charge < -0.3 is 5.32 Å². The minimum absolute atomic E-state index is 0.262. The van der Waals surface area contributed by atoms with Crippen LogP contribution in [0.4, 0.5) is 5.69 Å². The summed E-state index contributed by atoms with van der Waals surface area (Å²) >= 11 is 5.64. The van der Waals surface area contributed by atoms with E-state index >= 15 is 0 Å². The van der Waals surface area contributed by atoms with Crippen LogP contribution >= 0.6 is 11.6 Å². The van der Waals surface area contributed by atoms with Crippen LogP contribution < -0.4 is 5.32 Å². The molecular weight excluding hydrogens is 242 g/mol. The molecule has 0 aromatic carbocycles. The molecule has 2 rings (SSSR count). The number of anilines is 1. The quantitative estimate of drug-likeness (QED) is 0.833. The third-order valence-electron chi connectivity index (χ3n) is 2.03. The number of carbonyl (C=O) groups is 1. The van der Waals surface area contributed by atoms with Gasteiger partial charge >= 0.3 is 0 Å². The van der Waals surface area contributed by atoms with E-state index in [2.05, 4.69) is 20.4 Å². The zero-order valence-electron chi connectivity index (χ0n) is 9.04. The molecule has 0 aliphatic rings. The SMILES string of the molecule is CC(Cl)C(=O)Nc1ccc(-n2cncn2)nc1. The fraction of sp³-hybridized carbons (Fsp3) is 0.200. The highest BCUT2D eigenvalue weighted by Gasteiger charge is 2.09. The van der Waals surface area contributed by atoms with Gasteiger partial charge in [-0.3, -0.25) is 4.79 Å². The zero-order valence-corrected chi connectivity index (χ0v) is 9.80. The number of aromatic nitrogens is 4. The summed E-state index contributed by atoms with van der Waals surface area (Å²) in [5.41, 5.74) is 0.589. The van der Waals surface area contributed by atoms with E-state index in [-0.39, 0.29) is 5.91 Å². The smallest absolute Gasteiger partial charge is 0.242 e. The van der Waals surface area contributed by atoms with E-state index in [0.717, 1.165) is 0 Å². The Labute approximate surface area is 103 Å². The molecule has 0 bridgehead atoms. The molecule has 0 fully saturated rings. The van der Waals surface area contributed by atoms with Crippen LogP contribution in [0.1, 0.15) is 6.92 Å². The number of hydrogen-bond donors (Lipinski definition) is 1. The molecule has 0 radical (unpaired) electrons. The third-order valence-corrected chi connectivity index (χ3v) is 2.23. The van der Waals surface area contributed by atoms with Gasteiger partial charge in [-0.05, 0) is 19.1 Å². The van der Waals surface area contributed by atoms with Gasteiger partial charge in [0.15, 0.2) is 5.82 Å². The van der Waals surface area contributed by atoms with Crippen molar-refractivity contribution in [3.63, 3.8) is 0 Å². The van der Waals surface area contributed by atoms with Crippen LogP contribution in [0, 0.1) is 0 Å². The number of alkyl halides is 1. The highest BCUT2D eigenvalue weighted by Crippen LogP contribution is 2.09. The van der Waals surface area contributed by atoms with Crippen molar-refractivity contribution in [3.05, 3.63) is 31.0 Å². The van der Waals surface area contributed by atoms with Crippen molar-refractivity contribution in [1.29, 1.82) is 0 Å². The number of rotatable bonds is 3. The number of pyridine rings is 1. The molecular formula is C10H10ClN5O. The van der Waals surface area contributed by atoms with Crippen LogP contribution in [-0.2, 0) is 4.79 Å². The number of nitrogens with one attached hydrogen (secondary N) is 1. The summed E-state index contributed by atoms with van der Waals surface area (Å²) in [6.07, 6.45) is 4.50. The molecule has 0 saturated carbocycles. The number of amides is 1. The second-order valence-corrected chi connectivity index (χ2v) is 4.01. The van der Waals surface area contributed by atoms with Gasteiger partial charge in [-0.2, -0.15) is 5.10 Å². The molecule has 1 N–H and O–H groups in total. The van der Waals surface area contributed by atoms with Crippen LogP contribution in [0.2, 0.25) is 0 Å². The average Bonchev–Trinajstić information content (AvgIpc) is 2.83. The Balaban J connectivity index is 2.11. The first-order chi connectivity index (χ1) is 8.16. The van der Waals surface area contributed by atoms with Gasteiger partial charge in [-0.15, -0.1) is 11.6 Å². The standard InChI is InChI=1S/C10H10ClN5O/c1-7(11)10(17)15-8-2-3-9(13-4-8)16-6-12-5-14-16/h2-7H,1H3,(H,15,17). The lowest BCUT2D eigenvalue weighted by molar-refractivity contribution is -0.115. The van der Waals surface area contributed by atoms with Crippen LogP contribution in [-0.4, -0.2) is 31.0 Å². The van der Waals surface area contributed by atoms with Gasteiger partial charge in [0, 0.05) is 0 Å². The Kier molecular flexibility index (Phi) is 3.34. The lowest BCUT2D eigenvalue weighted by Gasteiger charge is -2.06. The van der Waals surface area contributed by atoms with Crippen molar-refractivity contribution >= 4 is 23.2 Å². The van der Waals surface area contributed by atoms with Crippen molar-refractivity contribution in [2.24, 2.45) is 0 Å². The molecule has 7 heteroatoms. The van der Waals surface area contributed by atoms with E-state index in [1.165, 1.54) is 17.2 Å². The Morgan fingerprint density at radius 1 is 1.53 bits per heavy atom. The van der Waals surface area contributed by atoms with Gasteiger partial charge in [0.1, 0.15) is 18.0 Å². The van der Waals surface area contributed by atoms with E-state index < -0.39 is 5.38 Å². The third kappa shape index (κ3) is 2.79. The van der Waals surface area contributed by atoms with Crippen molar-refractivity contribution in [1.82, 2.24) is 19.7 Å². The maximum absolute atomic E-state index is 11.3. The zero-order chi connectivity index (χ0) is 12.3. The van der Waals surface area contributed by atoms with Gasteiger partial charge in [0.25, 0.3) is 0 Å². The fourth-order valence-corrected chi connectivity index (χ4v) is 1.22. The van der Waals surface area contributed by atoms with Crippen LogP contribution in [0.15, 0.2) is 31.0 Å². The lowest BCUT2D eigenvalue weighted by atomic mass is 10.3. The van der Waals surface area contributed by atoms with Crippen molar-refractivity contribution in [2.75, 3.05) is 5.32 Å². The van der Waals surface area contributed by atoms with Crippen molar-refractivity contribution < 1.29 is 4.79 Å². The summed E-state index contributed by atoms with van der Waals surface area (Å²) < 4.78 is 1.52. The van der Waals surface area contributed by atoms with E-state index in [9.17, 15) is 4.79 Å². The highest BCUT2D eigenvalue weighted by atomic mass is 35.5. The lowest BCUT2D eigenvalue weighted by Crippen LogP contribution is -2.20. The molecule has 1 unspecified atom stereocenters. The Hall–Kier alpha value is -1.95. The van der Waals surface area contributed by atoms with Crippen molar-refractivity contribution in [3.8, 4) is 5.82 Å². The first kappa shape index (κ1) is 11.5. The summed E-state index contributed by atoms with van der Waals surface area (Å²) in [6.45, 7) is 1.61. The predicted octanol–water partition coefficient (Wildman–Crippen LogP) is 1.23. The molecule has 1 atom stereocenters. The Bertz CT molecular complexity index is 494. The molecule has 2 aromatic heterocycles. The summed E-state index contributed by atoms with van der Waals surface area (Å²) in [7, 11) is 0. The second-order valence-electron chi connectivity index (χ2n) is 3.35. The van der Waals surface area contributed by atoms with Gasteiger partial charge in [0.2, 0.25) is 5.91 Å². The maximum Gasteiger partial charge on any atom is 0.242 e. The molecule has 0 aliphatic carbocycles. The molecule has 0 aliphatic heterocycles. The maximum atomic E-state index is 11.3. The minimum Gasteiger partial charge on any atom is -0.323 e. The van der Waals surface area contributed by atoms with Crippen LogP contribution in [0.3, 0.4) is 0 Å². The molecule has 88 valence electrons. The predicted molar refractivity (Wildman–Crippen MR) is 63.1 cm³/mol. The van der Waals surface area contributed by atoms with E-state index in [4.69, 9.17) is 11.6 Å². The summed E-state index contributed by atoms with van der Waals surface area (Å²) in [5.74, 6) is 0.362. The molecule has 2 heterocycles. The number of halogens is 1. The fourth-order valence-electron chi connectivity index (χ4n) is 1.16. The van der Waals surface area contributed by atoms with E-state index in [1.807, 2.05) is 0 Å². The Morgan fingerprint density at radius 3 is 2.88 bits per heavy atom. The Morgan fingerprint density at radius 2 is 2.35 bits per heavy atom. The van der Waals surface area contributed by atoms with Gasteiger partial charge in [0.05, 0.1) is 11.9 Å². The molecule has 6 nitrogen and oxygen atoms in total. The number of carbonyl (C=O) groups excluding carboxylic acids is 1. The number of hydrogen-bond acceptors (Lipinski definition) is 4. The largest absolute Gasteiger partial charge is 0.323 e. The highest BCUT2D eigenvalue weighted by molar-refractivity contribution is 6.32. The summed E-state index contributed by atoms with van der Waals surface area (Å²) in [5, 5.41) is 6.00. The van der Waals surface area contributed by atoms with Crippen LogP contribution in [0.5, 0.6) is 0 Å². The number of nitrogens with zero attached hydrogens (tertiary/aromatic N) is 4.